The largest absolute Gasteiger partial charge is 0.341 e. The number of amides is 1. The fourth-order valence-corrected chi connectivity index (χ4v) is 3.85. The molecule has 0 radical (unpaired) electrons. The van der Waals surface area contributed by atoms with E-state index in [2.05, 4.69) is 25.1 Å². The zero-order chi connectivity index (χ0) is 20.7. The standard InChI is InChI=1S/C20H19N7O3/c28-19(18-14-12-13(27(29)30)6-7-15(14)23-24-18)25-8-3-9-26(11-10-25)20-21-16-4-1-2-5-17(16)22-20/h1-2,4-7,12H,3,8-11H2,(H,21,22)(H,23,24). The van der Waals surface area contributed by atoms with Gasteiger partial charge in [-0.3, -0.25) is 20.0 Å². The summed E-state index contributed by atoms with van der Waals surface area (Å²) in [6.07, 6.45) is 0.783. The number of hydrogen-bond acceptors (Lipinski definition) is 6. The first-order chi connectivity index (χ1) is 14.6. The molecule has 0 spiro atoms. The molecule has 2 N–H and O–H groups in total. The van der Waals surface area contributed by atoms with E-state index in [1.54, 1.807) is 11.0 Å². The molecule has 2 aromatic carbocycles. The van der Waals surface area contributed by atoms with Gasteiger partial charge in [0.05, 0.1) is 21.5 Å². The number of non-ortho nitro benzene ring substituents is 1. The Morgan fingerprint density at radius 2 is 1.93 bits per heavy atom. The molecule has 0 aliphatic carbocycles. The Hall–Kier alpha value is -3.95. The number of para-hydroxylation sites is 2. The number of nitro benzene ring substituents is 1. The Balaban J connectivity index is 1.36. The molecule has 1 fully saturated rings. The Bertz CT molecular complexity index is 1230. The van der Waals surface area contributed by atoms with Gasteiger partial charge in [-0.25, -0.2) is 4.98 Å². The summed E-state index contributed by atoms with van der Waals surface area (Å²) in [5.41, 5.74) is 2.64. The summed E-state index contributed by atoms with van der Waals surface area (Å²) in [7, 11) is 0. The fourth-order valence-electron chi connectivity index (χ4n) is 3.85. The van der Waals surface area contributed by atoms with Crippen LogP contribution < -0.4 is 4.90 Å². The van der Waals surface area contributed by atoms with E-state index in [-0.39, 0.29) is 17.3 Å². The monoisotopic (exact) mass is 405 g/mol. The van der Waals surface area contributed by atoms with Crippen molar-refractivity contribution in [2.75, 3.05) is 31.1 Å². The maximum Gasteiger partial charge on any atom is 0.275 e. The van der Waals surface area contributed by atoms with Gasteiger partial charge in [-0.05, 0) is 24.6 Å². The number of nitro groups is 1. The number of fused-ring (bicyclic) bond motifs is 2. The molecule has 1 amide bonds. The minimum atomic E-state index is -0.474. The van der Waals surface area contributed by atoms with Crippen LogP contribution in [0.2, 0.25) is 0 Å². The van der Waals surface area contributed by atoms with Crippen LogP contribution in [-0.2, 0) is 0 Å². The molecule has 0 atom stereocenters. The third-order valence-electron chi connectivity index (χ3n) is 5.42. The highest BCUT2D eigenvalue weighted by atomic mass is 16.6. The van der Waals surface area contributed by atoms with Crippen molar-refractivity contribution < 1.29 is 9.72 Å². The van der Waals surface area contributed by atoms with Crippen molar-refractivity contribution in [3.8, 4) is 0 Å². The second-order valence-corrected chi connectivity index (χ2v) is 7.27. The zero-order valence-corrected chi connectivity index (χ0v) is 16.0. The highest BCUT2D eigenvalue weighted by Crippen LogP contribution is 2.24. The Kier molecular flexibility index (Phi) is 4.31. The Morgan fingerprint density at radius 3 is 2.77 bits per heavy atom. The second-order valence-electron chi connectivity index (χ2n) is 7.27. The number of nitrogens with zero attached hydrogens (tertiary/aromatic N) is 5. The number of carbonyl (C=O) groups is 1. The van der Waals surface area contributed by atoms with E-state index in [4.69, 9.17) is 0 Å². The normalized spacial score (nSPS) is 14.9. The number of hydrogen-bond donors (Lipinski definition) is 2. The summed E-state index contributed by atoms with van der Waals surface area (Å²) in [6.45, 7) is 2.50. The van der Waals surface area contributed by atoms with Crippen LogP contribution in [0.15, 0.2) is 42.5 Å². The van der Waals surface area contributed by atoms with Crippen LogP contribution in [0.1, 0.15) is 16.9 Å². The SMILES string of the molecule is O=C(c1n[nH]c2ccc([N+](=O)[O-])cc12)N1CCCN(c2nc3ccccc3[nH]2)CC1. The number of rotatable bonds is 3. The van der Waals surface area contributed by atoms with Gasteiger partial charge in [0, 0.05) is 43.7 Å². The number of H-pyrrole nitrogens is 2. The van der Waals surface area contributed by atoms with Gasteiger partial charge in [0.2, 0.25) is 5.95 Å². The molecule has 152 valence electrons. The van der Waals surface area contributed by atoms with E-state index in [0.717, 1.165) is 29.9 Å². The lowest BCUT2D eigenvalue weighted by molar-refractivity contribution is -0.384. The molecule has 30 heavy (non-hydrogen) atoms. The summed E-state index contributed by atoms with van der Waals surface area (Å²) in [5.74, 6) is 0.569. The quantitative estimate of drug-likeness (QED) is 0.399. The van der Waals surface area contributed by atoms with Gasteiger partial charge in [0.25, 0.3) is 11.6 Å². The van der Waals surface area contributed by atoms with Gasteiger partial charge in [-0.15, -0.1) is 0 Å². The van der Waals surface area contributed by atoms with Gasteiger partial charge >= 0.3 is 0 Å². The minimum Gasteiger partial charge on any atom is -0.341 e. The average Bonchev–Trinajstić information content (AvgIpc) is 3.29. The molecule has 1 aliphatic rings. The van der Waals surface area contributed by atoms with Crippen LogP contribution in [0.5, 0.6) is 0 Å². The van der Waals surface area contributed by atoms with E-state index in [1.807, 2.05) is 24.3 Å². The van der Waals surface area contributed by atoms with E-state index < -0.39 is 4.92 Å². The summed E-state index contributed by atoms with van der Waals surface area (Å²) < 4.78 is 0. The predicted molar refractivity (Wildman–Crippen MR) is 112 cm³/mol. The van der Waals surface area contributed by atoms with Crippen molar-refractivity contribution in [1.29, 1.82) is 0 Å². The summed E-state index contributed by atoms with van der Waals surface area (Å²) in [4.78, 5) is 35.6. The molecule has 2 aromatic heterocycles. The van der Waals surface area contributed by atoms with Crippen molar-refractivity contribution in [2.45, 2.75) is 6.42 Å². The topological polar surface area (TPSA) is 124 Å². The lowest BCUT2D eigenvalue weighted by Gasteiger charge is -2.21. The third kappa shape index (κ3) is 3.11. The summed E-state index contributed by atoms with van der Waals surface area (Å²) >= 11 is 0. The molecular formula is C20H19N7O3. The number of imidazole rings is 1. The van der Waals surface area contributed by atoms with Crippen molar-refractivity contribution in [2.24, 2.45) is 0 Å². The lowest BCUT2D eigenvalue weighted by Crippen LogP contribution is -2.35. The van der Waals surface area contributed by atoms with Crippen molar-refractivity contribution in [1.82, 2.24) is 25.1 Å². The molecule has 1 saturated heterocycles. The van der Waals surface area contributed by atoms with E-state index in [0.29, 0.717) is 30.5 Å². The van der Waals surface area contributed by atoms with Crippen molar-refractivity contribution in [3.63, 3.8) is 0 Å². The number of aromatic nitrogens is 4. The first kappa shape index (κ1) is 18.1. The fraction of sp³-hybridized carbons (Fsp3) is 0.250. The van der Waals surface area contributed by atoms with Crippen LogP contribution in [-0.4, -0.2) is 62.1 Å². The first-order valence-electron chi connectivity index (χ1n) is 9.71. The first-order valence-corrected chi connectivity index (χ1v) is 9.71. The summed E-state index contributed by atoms with van der Waals surface area (Å²) in [6, 6.07) is 12.2. The molecule has 1 aliphatic heterocycles. The molecule has 0 bridgehead atoms. The van der Waals surface area contributed by atoms with Gasteiger partial charge in [0.1, 0.15) is 0 Å². The van der Waals surface area contributed by atoms with E-state index in [9.17, 15) is 14.9 Å². The Labute approximate surface area is 170 Å². The lowest BCUT2D eigenvalue weighted by atomic mass is 10.1. The maximum atomic E-state index is 13.1. The number of benzene rings is 2. The predicted octanol–water partition coefficient (Wildman–Crippen LogP) is 2.70. The van der Waals surface area contributed by atoms with Gasteiger partial charge in [-0.1, -0.05) is 12.1 Å². The van der Waals surface area contributed by atoms with Crippen LogP contribution in [0.3, 0.4) is 0 Å². The van der Waals surface area contributed by atoms with Crippen LogP contribution in [0, 0.1) is 10.1 Å². The number of anilines is 1. The average molecular weight is 405 g/mol. The van der Waals surface area contributed by atoms with Crippen LogP contribution in [0.25, 0.3) is 21.9 Å². The third-order valence-corrected chi connectivity index (χ3v) is 5.42. The van der Waals surface area contributed by atoms with Crippen molar-refractivity contribution in [3.05, 3.63) is 58.3 Å². The van der Waals surface area contributed by atoms with Gasteiger partial charge in [-0.2, -0.15) is 5.10 Å². The molecular weight excluding hydrogens is 386 g/mol. The van der Waals surface area contributed by atoms with Crippen LogP contribution >= 0.6 is 0 Å². The molecule has 0 saturated carbocycles. The molecule has 0 unspecified atom stereocenters. The highest BCUT2D eigenvalue weighted by molar-refractivity contribution is 6.05. The van der Waals surface area contributed by atoms with Crippen molar-refractivity contribution >= 4 is 39.5 Å². The number of carbonyl (C=O) groups excluding carboxylic acids is 1. The Morgan fingerprint density at radius 1 is 1.07 bits per heavy atom. The highest BCUT2D eigenvalue weighted by Gasteiger charge is 2.25. The molecule has 3 heterocycles. The van der Waals surface area contributed by atoms with E-state index in [1.165, 1.54) is 12.1 Å². The maximum absolute atomic E-state index is 13.1. The summed E-state index contributed by atoms with van der Waals surface area (Å²) in [5, 5.41) is 18.5. The van der Waals surface area contributed by atoms with Gasteiger partial charge < -0.3 is 14.8 Å². The zero-order valence-electron chi connectivity index (χ0n) is 16.0. The number of nitrogens with one attached hydrogen (secondary N) is 2. The minimum absolute atomic E-state index is 0.0649. The second kappa shape index (κ2) is 7.14. The smallest absolute Gasteiger partial charge is 0.275 e. The molecule has 10 nitrogen and oxygen atoms in total. The molecule has 5 rings (SSSR count). The molecule has 10 heteroatoms. The van der Waals surface area contributed by atoms with E-state index >= 15 is 0 Å². The van der Waals surface area contributed by atoms with Gasteiger partial charge in [0.15, 0.2) is 5.69 Å². The van der Waals surface area contributed by atoms with Crippen LogP contribution in [0.4, 0.5) is 11.6 Å². The number of aromatic amines is 2. The molecule has 4 aromatic rings.